The van der Waals surface area contributed by atoms with Crippen LogP contribution in [0.15, 0.2) is 36.4 Å². The number of piperidine rings is 1. The van der Waals surface area contributed by atoms with E-state index < -0.39 is 5.72 Å². The van der Waals surface area contributed by atoms with E-state index in [1.54, 1.807) is 0 Å². The van der Waals surface area contributed by atoms with Crippen LogP contribution in [-0.2, 0) is 6.54 Å². The van der Waals surface area contributed by atoms with Gasteiger partial charge in [-0.1, -0.05) is 43.3 Å². The van der Waals surface area contributed by atoms with Gasteiger partial charge in [0.2, 0.25) is 0 Å². The molecule has 0 saturated carbocycles. The molecule has 2 N–H and O–H groups in total. The van der Waals surface area contributed by atoms with E-state index in [2.05, 4.69) is 62.1 Å². The van der Waals surface area contributed by atoms with Crippen molar-refractivity contribution in [1.82, 2.24) is 4.90 Å². The fraction of sp³-hybridized carbons (Fsp3) is 0.500. The largest absolute Gasteiger partial charge is 0.472 e. The SMILES string of the molecule is Cc1cc(C)c2c(c1CN1CCC(c3ccccc3)CC1)OC(C)(N)C2C. The number of aryl methyl sites for hydroxylation is 2. The first-order chi connectivity index (χ1) is 12.9. The smallest absolute Gasteiger partial charge is 0.162 e. The lowest BCUT2D eigenvalue weighted by molar-refractivity contribution is 0.0988. The summed E-state index contributed by atoms with van der Waals surface area (Å²) in [6.07, 6.45) is 2.45. The van der Waals surface area contributed by atoms with Gasteiger partial charge in [-0.05, 0) is 69.3 Å². The van der Waals surface area contributed by atoms with Crippen LogP contribution in [-0.4, -0.2) is 23.7 Å². The zero-order chi connectivity index (χ0) is 19.2. The van der Waals surface area contributed by atoms with Gasteiger partial charge in [0.15, 0.2) is 5.72 Å². The third-order valence-electron chi connectivity index (χ3n) is 6.71. The van der Waals surface area contributed by atoms with E-state index in [9.17, 15) is 0 Å². The van der Waals surface area contributed by atoms with Gasteiger partial charge in [0.1, 0.15) is 5.75 Å². The van der Waals surface area contributed by atoms with Crippen LogP contribution in [0.25, 0.3) is 0 Å². The van der Waals surface area contributed by atoms with Crippen LogP contribution in [0.4, 0.5) is 0 Å². The zero-order valence-corrected chi connectivity index (χ0v) is 17.1. The van der Waals surface area contributed by atoms with Crippen molar-refractivity contribution in [3.63, 3.8) is 0 Å². The third-order valence-corrected chi connectivity index (χ3v) is 6.71. The summed E-state index contributed by atoms with van der Waals surface area (Å²) in [5.41, 5.74) is 12.6. The maximum Gasteiger partial charge on any atom is 0.162 e. The Morgan fingerprint density at radius 3 is 2.44 bits per heavy atom. The zero-order valence-electron chi connectivity index (χ0n) is 17.1. The molecule has 2 atom stereocenters. The highest BCUT2D eigenvalue weighted by atomic mass is 16.5. The number of hydrogen-bond acceptors (Lipinski definition) is 3. The molecule has 2 aliphatic heterocycles. The monoisotopic (exact) mass is 364 g/mol. The van der Waals surface area contributed by atoms with Gasteiger partial charge < -0.3 is 4.74 Å². The lowest BCUT2D eigenvalue weighted by Gasteiger charge is -2.33. The molecule has 144 valence electrons. The number of ether oxygens (including phenoxy) is 1. The van der Waals surface area contributed by atoms with E-state index in [-0.39, 0.29) is 5.92 Å². The summed E-state index contributed by atoms with van der Waals surface area (Å²) < 4.78 is 6.28. The van der Waals surface area contributed by atoms with Crippen LogP contribution in [0, 0.1) is 13.8 Å². The highest BCUT2D eigenvalue weighted by Gasteiger charge is 2.41. The topological polar surface area (TPSA) is 38.5 Å². The molecule has 2 unspecified atom stereocenters. The van der Waals surface area contributed by atoms with Gasteiger partial charge in [0, 0.05) is 23.6 Å². The van der Waals surface area contributed by atoms with Crippen LogP contribution >= 0.6 is 0 Å². The summed E-state index contributed by atoms with van der Waals surface area (Å²) in [6.45, 7) is 11.8. The van der Waals surface area contributed by atoms with Crippen LogP contribution < -0.4 is 10.5 Å². The minimum Gasteiger partial charge on any atom is -0.472 e. The molecule has 0 amide bonds. The highest BCUT2D eigenvalue weighted by Crippen LogP contribution is 2.47. The Bertz CT molecular complexity index is 820. The average Bonchev–Trinajstić information content (AvgIpc) is 2.90. The number of nitrogens with two attached hydrogens (primary N) is 1. The Labute approximate surface area is 163 Å². The molecule has 0 bridgehead atoms. The van der Waals surface area contributed by atoms with Crippen molar-refractivity contribution in [2.75, 3.05) is 13.1 Å². The van der Waals surface area contributed by atoms with Gasteiger partial charge in [-0.15, -0.1) is 0 Å². The van der Waals surface area contributed by atoms with Crippen LogP contribution in [0.3, 0.4) is 0 Å². The third kappa shape index (κ3) is 3.39. The molecular weight excluding hydrogens is 332 g/mol. The van der Waals surface area contributed by atoms with Gasteiger partial charge in [0.25, 0.3) is 0 Å². The predicted molar refractivity (Wildman–Crippen MR) is 111 cm³/mol. The molecule has 1 fully saturated rings. The molecule has 0 aliphatic carbocycles. The summed E-state index contributed by atoms with van der Waals surface area (Å²) in [6, 6.07) is 13.3. The Kier molecular flexibility index (Phi) is 4.77. The van der Waals surface area contributed by atoms with Crippen molar-refractivity contribution in [3.8, 4) is 5.75 Å². The second-order valence-corrected chi connectivity index (χ2v) is 8.70. The minimum absolute atomic E-state index is 0.218. The number of hydrogen-bond donors (Lipinski definition) is 1. The molecule has 1 saturated heterocycles. The molecule has 0 spiro atoms. The molecule has 0 radical (unpaired) electrons. The van der Waals surface area contributed by atoms with Crippen molar-refractivity contribution in [1.29, 1.82) is 0 Å². The molecule has 2 aromatic rings. The number of nitrogens with zero attached hydrogens (tertiary/aromatic N) is 1. The van der Waals surface area contributed by atoms with Crippen molar-refractivity contribution in [2.45, 2.75) is 64.6 Å². The van der Waals surface area contributed by atoms with Gasteiger partial charge in [0.05, 0.1) is 0 Å². The molecule has 3 heteroatoms. The first kappa shape index (κ1) is 18.5. The fourth-order valence-electron chi connectivity index (χ4n) is 4.83. The number of rotatable bonds is 3. The van der Waals surface area contributed by atoms with Crippen molar-refractivity contribution >= 4 is 0 Å². The van der Waals surface area contributed by atoms with Crippen LogP contribution in [0.1, 0.15) is 66.3 Å². The average molecular weight is 365 g/mol. The molecule has 2 aliphatic rings. The second-order valence-electron chi connectivity index (χ2n) is 8.70. The molecule has 2 aromatic carbocycles. The molecule has 27 heavy (non-hydrogen) atoms. The predicted octanol–water partition coefficient (Wildman–Crippen LogP) is 4.85. The summed E-state index contributed by atoms with van der Waals surface area (Å²) >= 11 is 0. The maximum atomic E-state index is 6.44. The summed E-state index contributed by atoms with van der Waals surface area (Å²) in [4.78, 5) is 2.58. The Morgan fingerprint density at radius 2 is 1.78 bits per heavy atom. The van der Waals surface area contributed by atoms with Crippen LogP contribution in [0.2, 0.25) is 0 Å². The highest BCUT2D eigenvalue weighted by molar-refractivity contribution is 5.55. The normalized spacial score (nSPS) is 26.0. The standard InChI is InChI=1S/C24H32N2O/c1-16-14-17(2)22-18(3)24(4,25)27-23(22)21(16)15-26-12-10-20(11-13-26)19-8-6-5-7-9-19/h5-9,14,18,20H,10-13,15,25H2,1-4H3. The summed E-state index contributed by atoms with van der Waals surface area (Å²) in [7, 11) is 0. The molecule has 2 heterocycles. The van der Waals surface area contributed by atoms with E-state index >= 15 is 0 Å². The van der Waals surface area contributed by atoms with Gasteiger partial charge in [-0.25, -0.2) is 0 Å². The van der Waals surface area contributed by atoms with E-state index in [0.29, 0.717) is 5.92 Å². The van der Waals surface area contributed by atoms with E-state index in [1.807, 2.05) is 6.92 Å². The van der Waals surface area contributed by atoms with E-state index in [1.165, 1.54) is 40.7 Å². The van der Waals surface area contributed by atoms with Crippen molar-refractivity contribution < 1.29 is 4.74 Å². The van der Waals surface area contributed by atoms with Crippen molar-refractivity contribution in [2.24, 2.45) is 5.73 Å². The van der Waals surface area contributed by atoms with Gasteiger partial charge in [-0.2, -0.15) is 0 Å². The molecular formula is C24H32N2O. The first-order valence-electron chi connectivity index (χ1n) is 10.2. The number of likely N-dealkylation sites (tertiary alicyclic amines) is 1. The lowest BCUT2D eigenvalue weighted by Crippen LogP contribution is -2.43. The molecule has 0 aromatic heterocycles. The fourth-order valence-corrected chi connectivity index (χ4v) is 4.83. The van der Waals surface area contributed by atoms with Crippen molar-refractivity contribution in [3.05, 3.63) is 64.2 Å². The molecule has 4 rings (SSSR count). The van der Waals surface area contributed by atoms with E-state index in [4.69, 9.17) is 10.5 Å². The lowest BCUT2D eigenvalue weighted by atomic mass is 9.87. The number of fused-ring (bicyclic) bond motifs is 1. The molecule has 3 nitrogen and oxygen atoms in total. The van der Waals surface area contributed by atoms with Crippen LogP contribution in [0.5, 0.6) is 5.75 Å². The quantitative estimate of drug-likeness (QED) is 0.846. The summed E-state index contributed by atoms with van der Waals surface area (Å²) in [5.74, 6) is 1.96. The Morgan fingerprint density at radius 1 is 1.11 bits per heavy atom. The first-order valence-corrected chi connectivity index (χ1v) is 10.2. The van der Waals surface area contributed by atoms with Gasteiger partial charge in [-0.3, -0.25) is 10.6 Å². The summed E-state index contributed by atoms with van der Waals surface area (Å²) in [5, 5.41) is 0. The number of benzene rings is 2. The van der Waals surface area contributed by atoms with E-state index in [0.717, 1.165) is 25.4 Å². The maximum absolute atomic E-state index is 6.44. The Hall–Kier alpha value is -1.84. The second kappa shape index (κ2) is 6.96. The Balaban J connectivity index is 1.52. The van der Waals surface area contributed by atoms with Gasteiger partial charge >= 0.3 is 0 Å². The minimum atomic E-state index is -0.615.